The molecule has 0 aromatic rings. The van der Waals surface area contributed by atoms with Gasteiger partial charge < -0.3 is 4.74 Å². The van der Waals surface area contributed by atoms with E-state index in [-0.39, 0.29) is 0 Å². The molecule has 0 heterocycles. The maximum Gasteiger partial charge on any atom is 0.0518 e. The quantitative estimate of drug-likeness (QED) is 0.201. The van der Waals surface area contributed by atoms with Gasteiger partial charge in [-0.2, -0.15) is 11.8 Å². The Balaban J connectivity index is 1.68. The predicted octanol–water partition coefficient (Wildman–Crippen LogP) is 7.63. The van der Waals surface area contributed by atoms with E-state index in [0.29, 0.717) is 6.10 Å². The summed E-state index contributed by atoms with van der Waals surface area (Å²) in [5, 5.41) is 0. The highest BCUT2D eigenvalue weighted by Crippen LogP contribution is 2.23. The third-order valence-corrected chi connectivity index (χ3v) is 6.29. The smallest absolute Gasteiger partial charge is 0.0518 e. The van der Waals surface area contributed by atoms with E-state index in [1.807, 2.05) is 0 Å². The van der Waals surface area contributed by atoms with Gasteiger partial charge in [0.2, 0.25) is 0 Å². The van der Waals surface area contributed by atoms with Crippen molar-refractivity contribution in [1.29, 1.82) is 0 Å². The van der Waals surface area contributed by atoms with Crippen molar-refractivity contribution < 1.29 is 4.74 Å². The zero-order chi connectivity index (χ0) is 18.7. The van der Waals surface area contributed by atoms with Gasteiger partial charge in [0.15, 0.2) is 0 Å². The highest BCUT2D eigenvalue weighted by molar-refractivity contribution is 7.99. The first-order valence-corrected chi connectivity index (χ1v) is 12.6. The van der Waals surface area contributed by atoms with Crippen LogP contribution in [0.5, 0.6) is 0 Å². The number of ether oxygens (including phenoxy) is 1. The van der Waals surface area contributed by atoms with Gasteiger partial charge in [0.1, 0.15) is 0 Å². The lowest BCUT2D eigenvalue weighted by atomic mass is 10.1. The maximum atomic E-state index is 5.56. The first-order valence-electron chi connectivity index (χ1n) is 11.5. The minimum atomic E-state index is 0.384. The molecular formula is C24H44OS. The normalized spacial score (nSPS) is 14.7. The Labute approximate surface area is 168 Å². The summed E-state index contributed by atoms with van der Waals surface area (Å²) in [5.74, 6) is 10.2. The largest absolute Gasteiger partial charge is 0.379 e. The van der Waals surface area contributed by atoms with Crippen molar-refractivity contribution in [2.24, 2.45) is 5.92 Å². The molecule has 1 rings (SSSR count). The maximum absolute atomic E-state index is 5.56. The molecule has 2 heteroatoms. The van der Waals surface area contributed by atoms with Crippen LogP contribution in [0.1, 0.15) is 110 Å². The molecule has 0 saturated heterocycles. The second-order valence-electron chi connectivity index (χ2n) is 8.12. The van der Waals surface area contributed by atoms with E-state index in [4.69, 9.17) is 4.74 Å². The summed E-state index contributed by atoms with van der Waals surface area (Å²) in [6, 6.07) is 0. The Hall–Kier alpha value is -0.130. The molecule has 152 valence electrons. The lowest BCUT2D eigenvalue weighted by Gasteiger charge is -2.06. The fraction of sp³-hybridized carbons (Fsp3) is 0.917. The molecular weight excluding hydrogens is 336 g/mol. The Bertz CT molecular complexity index is 349. The monoisotopic (exact) mass is 380 g/mol. The number of hydrogen-bond acceptors (Lipinski definition) is 2. The van der Waals surface area contributed by atoms with Crippen molar-refractivity contribution in [2.45, 2.75) is 116 Å². The lowest BCUT2D eigenvalue weighted by molar-refractivity contribution is 0.0800. The summed E-state index contributed by atoms with van der Waals surface area (Å²) in [6.45, 7) is 5.15. The zero-order valence-corrected chi connectivity index (χ0v) is 18.5. The average molecular weight is 381 g/mol. The summed E-state index contributed by atoms with van der Waals surface area (Å²) < 4.78 is 5.56. The molecule has 1 aliphatic rings. The van der Waals surface area contributed by atoms with E-state index in [1.165, 1.54) is 101 Å². The molecule has 0 aromatic heterocycles. The molecule has 0 spiro atoms. The molecule has 0 aromatic carbocycles. The lowest BCUT2D eigenvalue weighted by Crippen LogP contribution is -2.04. The fourth-order valence-corrected chi connectivity index (χ4v) is 4.46. The number of hydrogen-bond donors (Lipinski definition) is 0. The molecule has 0 N–H and O–H groups in total. The first kappa shape index (κ1) is 23.9. The van der Waals surface area contributed by atoms with Gasteiger partial charge in [-0.15, -0.1) is 5.92 Å². The second kappa shape index (κ2) is 18.2. The van der Waals surface area contributed by atoms with Gasteiger partial charge in [0.25, 0.3) is 0 Å². The molecule has 1 aliphatic carbocycles. The predicted molar refractivity (Wildman–Crippen MR) is 119 cm³/mol. The van der Waals surface area contributed by atoms with E-state index in [1.54, 1.807) is 0 Å². The Morgan fingerprint density at radius 3 is 2.04 bits per heavy atom. The van der Waals surface area contributed by atoms with Crippen molar-refractivity contribution in [3.8, 4) is 11.8 Å². The molecule has 1 nitrogen and oxygen atoms in total. The second-order valence-corrected chi connectivity index (χ2v) is 9.34. The van der Waals surface area contributed by atoms with Crippen molar-refractivity contribution in [3.05, 3.63) is 0 Å². The van der Waals surface area contributed by atoms with Gasteiger partial charge in [-0.3, -0.25) is 0 Å². The summed E-state index contributed by atoms with van der Waals surface area (Å²) in [5.41, 5.74) is 0. The topological polar surface area (TPSA) is 9.23 Å². The molecule has 0 unspecified atom stereocenters. The third kappa shape index (κ3) is 16.1. The standard InChI is InChI=1S/C24H44OS/c1-23(2)25-20-16-22-26-21-15-11-9-7-5-3-4-6-8-10-12-17-24-18-13-14-19-24/h23-24H,3-11,13-16,18-22H2,1-2H3. The van der Waals surface area contributed by atoms with Crippen LogP contribution in [0.3, 0.4) is 0 Å². The molecule has 0 aliphatic heterocycles. The average Bonchev–Trinajstić information content (AvgIpc) is 3.14. The van der Waals surface area contributed by atoms with Gasteiger partial charge >= 0.3 is 0 Å². The van der Waals surface area contributed by atoms with Gasteiger partial charge in [0.05, 0.1) is 6.10 Å². The fourth-order valence-electron chi connectivity index (χ4n) is 3.52. The molecule has 26 heavy (non-hydrogen) atoms. The molecule has 1 saturated carbocycles. The Kier molecular flexibility index (Phi) is 16.8. The third-order valence-electron chi connectivity index (χ3n) is 5.14. The van der Waals surface area contributed by atoms with Crippen molar-refractivity contribution >= 4 is 11.8 Å². The van der Waals surface area contributed by atoms with Gasteiger partial charge in [-0.25, -0.2) is 0 Å². The minimum Gasteiger partial charge on any atom is -0.379 e. The van der Waals surface area contributed by atoms with Crippen LogP contribution >= 0.6 is 11.8 Å². The minimum absolute atomic E-state index is 0.384. The Morgan fingerprint density at radius 1 is 0.808 bits per heavy atom. The summed E-state index contributed by atoms with van der Waals surface area (Å²) in [7, 11) is 0. The van der Waals surface area contributed by atoms with Crippen LogP contribution in [-0.4, -0.2) is 24.2 Å². The number of unbranched alkanes of at least 4 members (excludes halogenated alkanes) is 9. The van der Waals surface area contributed by atoms with E-state index in [0.717, 1.165) is 18.9 Å². The SMILES string of the molecule is CC(C)OCCCSCCCCCCCCCCCC#CC1CCCC1. The van der Waals surface area contributed by atoms with Crippen LogP contribution in [0.25, 0.3) is 0 Å². The van der Waals surface area contributed by atoms with Crippen LogP contribution in [0.15, 0.2) is 0 Å². The van der Waals surface area contributed by atoms with E-state index in [9.17, 15) is 0 Å². The van der Waals surface area contributed by atoms with Crippen molar-refractivity contribution in [2.75, 3.05) is 18.1 Å². The van der Waals surface area contributed by atoms with Crippen LogP contribution in [0, 0.1) is 17.8 Å². The van der Waals surface area contributed by atoms with Crippen molar-refractivity contribution in [1.82, 2.24) is 0 Å². The summed E-state index contributed by atoms with van der Waals surface area (Å²) in [4.78, 5) is 0. The molecule has 1 fully saturated rings. The highest BCUT2D eigenvalue weighted by Gasteiger charge is 2.10. The number of rotatable bonds is 16. The van der Waals surface area contributed by atoms with Gasteiger partial charge in [0, 0.05) is 18.9 Å². The van der Waals surface area contributed by atoms with Crippen molar-refractivity contribution in [3.63, 3.8) is 0 Å². The van der Waals surface area contributed by atoms with Gasteiger partial charge in [-0.1, -0.05) is 63.7 Å². The van der Waals surface area contributed by atoms with E-state index >= 15 is 0 Å². The molecule has 0 radical (unpaired) electrons. The van der Waals surface area contributed by atoms with E-state index < -0.39 is 0 Å². The van der Waals surface area contributed by atoms with Gasteiger partial charge in [-0.05, 0) is 57.5 Å². The van der Waals surface area contributed by atoms with Crippen LogP contribution in [0.4, 0.5) is 0 Å². The number of thioether (sulfide) groups is 1. The first-order chi connectivity index (χ1) is 12.8. The summed E-state index contributed by atoms with van der Waals surface area (Å²) in [6.07, 6.45) is 20.9. The zero-order valence-electron chi connectivity index (χ0n) is 17.7. The molecule has 0 atom stereocenters. The summed E-state index contributed by atoms with van der Waals surface area (Å²) >= 11 is 2.10. The van der Waals surface area contributed by atoms with Crippen LogP contribution in [-0.2, 0) is 4.74 Å². The Morgan fingerprint density at radius 2 is 1.38 bits per heavy atom. The highest BCUT2D eigenvalue weighted by atomic mass is 32.2. The van der Waals surface area contributed by atoms with Crippen LogP contribution < -0.4 is 0 Å². The molecule has 0 bridgehead atoms. The molecule has 0 amide bonds. The van der Waals surface area contributed by atoms with E-state index in [2.05, 4.69) is 37.5 Å². The van der Waals surface area contributed by atoms with Crippen LogP contribution in [0.2, 0.25) is 0 Å².